The third-order valence-corrected chi connectivity index (χ3v) is 6.59. The molecule has 1 atom stereocenters. The van der Waals surface area contributed by atoms with Crippen molar-refractivity contribution in [2.75, 3.05) is 46.4 Å². The van der Waals surface area contributed by atoms with Gasteiger partial charge in [-0.25, -0.2) is 9.78 Å². The molecule has 1 saturated heterocycles. The molecule has 1 fully saturated rings. The molecule has 2 N–H and O–H groups in total. The Morgan fingerprint density at radius 3 is 2.25 bits per heavy atom. The molecule has 1 aliphatic rings. The topological polar surface area (TPSA) is 174 Å². The number of hydrogen-bond acceptors (Lipinski definition) is 10. The van der Waals surface area contributed by atoms with Crippen LogP contribution in [0.3, 0.4) is 0 Å². The number of aromatic nitrogens is 1. The van der Waals surface area contributed by atoms with Crippen LogP contribution in [0.1, 0.15) is 61.4 Å². The van der Waals surface area contributed by atoms with E-state index in [4.69, 9.17) is 9.47 Å². The molecule has 238 valence electrons. The highest BCUT2D eigenvalue weighted by molar-refractivity contribution is 6.09. The van der Waals surface area contributed by atoms with Crippen LogP contribution in [0.4, 0.5) is 4.79 Å². The van der Waals surface area contributed by atoms with Crippen LogP contribution >= 0.6 is 0 Å². The van der Waals surface area contributed by atoms with E-state index in [1.807, 2.05) is 0 Å². The zero-order valence-electron chi connectivity index (χ0n) is 25.6. The molecule has 14 heteroatoms. The predicted octanol–water partition coefficient (Wildman–Crippen LogP) is 1.66. The zero-order valence-corrected chi connectivity index (χ0v) is 25.6. The monoisotopic (exact) mass is 613 g/mol. The highest BCUT2D eigenvalue weighted by atomic mass is 16.6. The standard InChI is InChI=1S/C30H39N5O9/c1-6-43-29(41)35-15-13-34(14-16-35)28(40)22(11-12-24(36)44-30(2,3)4)33-27(39)23-17-20(26(38)31-18-25(37)42-5)19-9-7-8-10-21(19)32-23/h7-10,17,22H,6,11-16,18H2,1-5H3,(H,31,38)(H,33,39). The van der Waals surface area contributed by atoms with Gasteiger partial charge in [-0.2, -0.15) is 0 Å². The van der Waals surface area contributed by atoms with Gasteiger partial charge in [0.25, 0.3) is 11.8 Å². The lowest BCUT2D eigenvalue weighted by Crippen LogP contribution is -2.56. The van der Waals surface area contributed by atoms with Crippen LogP contribution in [-0.4, -0.2) is 109 Å². The minimum Gasteiger partial charge on any atom is -0.468 e. The number of para-hydroxylation sites is 1. The first kappa shape index (κ1) is 33.7. The Bertz CT molecular complexity index is 1400. The number of carbonyl (C=O) groups is 6. The summed E-state index contributed by atoms with van der Waals surface area (Å²) >= 11 is 0. The minimum atomic E-state index is -1.13. The van der Waals surface area contributed by atoms with E-state index >= 15 is 0 Å². The third kappa shape index (κ3) is 9.38. The first-order valence-electron chi connectivity index (χ1n) is 14.3. The van der Waals surface area contributed by atoms with Gasteiger partial charge in [-0.3, -0.25) is 24.0 Å². The van der Waals surface area contributed by atoms with E-state index in [0.717, 1.165) is 0 Å². The largest absolute Gasteiger partial charge is 0.468 e. The number of fused-ring (bicyclic) bond motifs is 1. The van der Waals surface area contributed by atoms with Crippen molar-refractivity contribution in [3.8, 4) is 0 Å². The van der Waals surface area contributed by atoms with Gasteiger partial charge < -0.3 is 34.6 Å². The Balaban J connectivity index is 1.84. The molecule has 14 nitrogen and oxygen atoms in total. The fourth-order valence-electron chi connectivity index (χ4n) is 4.49. The molecule has 0 aliphatic carbocycles. The highest BCUT2D eigenvalue weighted by Gasteiger charge is 2.32. The second kappa shape index (κ2) is 15.1. The van der Waals surface area contributed by atoms with Gasteiger partial charge in [0.05, 0.1) is 24.8 Å². The molecule has 0 radical (unpaired) electrons. The molecular weight excluding hydrogens is 574 g/mol. The maximum Gasteiger partial charge on any atom is 0.409 e. The van der Waals surface area contributed by atoms with Crippen molar-refractivity contribution in [2.24, 2.45) is 0 Å². The van der Waals surface area contributed by atoms with E-state index in [0.29, 0.717) is 10.9 Å². The van der Waals surface area contributed by atoms with Crippen molar-refractivity contribution in [3.05, 3.63) is 41.6 Å². The molecule has 1 aromatic heterocycles. The van der Waals surface area contributed by atoms with E-state index in [1.54, 1.807) is 52.0 Å². The van der Waals surface area contributed by atoms with Gasteiger partial charge >= 0.3 is 18.0 Å². The molecule has 1 unspecified atom stereocenters. The van der Waals surface area contributed by atoms with E-state index in [-0.39, 0.29) is 63.4 Å². The number of carbonyl (C=O) groups excluding carboxylic acids is 6. The van der Waals surface area contributed by atoms with Crippen molar-refractivity contribution >= 4 is 46.7 Å². The van der Waals surface area contributed by atoms with E-state index < -0.39 is 47.4 Å². The lowest BCUT2D eigenvalue weighted by molar-refractivity contribution is -0.155. The number of hydrogen-bond donors (Lipinski definition) is 2. The number of pyridine rings is 1. The summed E-state index contributed by atoms with van der Waals surface area (Å²) in [5.74, 6) is -3.00. The van der Waals surface area contributed by atoms with E-state index in [1.165, 1.54) is 23.0 Å². The second-order valence-corrected chi connectivity index (χ2v) is 11.0. The summed E-state index contributed by atoms with van der Waals surface area (Å²) in [6, 6.07) is 6.81. The molecule has 0 bridgehead atoms. The summed E-state index contributed by atoms with van der Waals surface area (Å²) in [6.07, 6.45) is -0.677. The molecule has 4 amide bonds. The first-order chi connectivity index (χ1) is 20.8. The minimum absolute atomic E-state index is 0.0579. The van der Waals surface area contributed by atoms with Gasteiger partial charge in [0.15, 0.2) is 0 Å². The van der Waals surface area contributed by atoms with Crippen LogP contribution in [0.5, 0.6) is 0 Å². The number of esters is 2. The van der Waals surface area contributed by atoms with Gasteiger partial charge in [-0.15, -0.1) is 0 Å². The fourth-order valence-corrected chi connectivity index (χ4v) is 4.49. The van der Waals surface area contributed by atoms with Crippen molar-refractivity contribution in [1.82, 2.24) is 25.4 Å². The first-order valence-corrected chi connectivity index (χ1v) is 14.3. The third-order valence-electron chi connectivity index (χ3n) is 6.59. The summed E-state index contributed by atoms with van der Waals surface area (Å²) in [4.78, 5) is 83.7. The summed E-state index contributed by atoms with van der Waals surface area (Å²) in [6.45, 7) is 7.63. The lowest BCUT2D eigenvalue weighted by atomic mass is 10.1. The number of methoxy groups -OCH3 is 1. The summed E-state index contributed by atoms with van der Waals surface area (Å²) in [5, 5.41) is 5.59. The smallest absolute Gasteiger partial charge is 0.409 e. The van der Waals surface area contributed by atoms with Crippen LogP contribution in [0.15, 0.2) is 30.3 Å². The van der Waals surface area contributed by atoms with Crippen LogP contribution in [0, 0.1) is 0 Å². The average molecular weight is 614 g/mol. The Kier molecular flexibility index (Phi) is 11.6. The Labute approximate surface area is 255 Å². The van der Waals surface area contributed by atoms with Gasteiger partial charge in [-0.05, 0) is 46.2 Å². The normalized spacial score (nSPS) is 13.9. The number of rotatable bonds is 10. The molecule has 0 spiro atoms. The zero-order chi connectivity index (χ0) is 32.4. The Morgan fingerprint density at radius 2 is 1.61 bits per heavy atom. The summed E-state index contributed by atoms with van der Waals surface area (Å²) in [7, 11) is 1.19. The fraction of sp³-hybridized carbons (Fsp3) is 0.500. The number of benzene rings is 1. The maximum absolute atomic E-state index is 13.6. The number of amides is 4. The predicted molar refractivity (Wildman–Crippen MR) is 158 cm³/mol. The molecular formula is C30H39N5O9. The van der Waals surface area contributed by atoms with Crippen LogP contribution < -0.4 is 10.6 Å². The lowest BCUT2D eigenvalue weighted by Gasteiger charge is -2.36. The number of nitrogens with zero attached hydrogens (tertiary/aromatic N) is 3. The SMILES string of the molecule is CCOC(=O)N1CCN(C(=O)C(CCC(=O)OC(C)(C)C)NC(=O)c2cc(C(=O)NCC(=O)OC)c3ccccc3n2)CC1. The Hall–Kier alpha value is -4.75. The molecule has 44 heavy (non-hydrogen) atoms. The van der Waals surface area contributed by atoms with Gasteiger partial charge in [0, 0.05) is 38.0 Å². The van der Waals surface area contributed by atoms with Crippen molar-refractivity contribution in [3.63, 3.8) is 0 Å². The van der Waals surface area contributed by atoms with Crippen molar-refractivity contribution in [1.29, 1.82) is 0 Å². The molecule has 3 rings (SSSR count). The van der Waals surface area contributed by atoms with Crippen LogP contribution in [0.25, 0.3) is 10.9 Å². The number of piperazine rings is 1. The molecule has 1 aliphatic heterocycles. The van der Waals surface area contributed by atoms with E-state index in [9.17, 15) is 28.8 Å². The maximum atomic E-state index is 13.6. The molecule has 1 aromatic carbocycles. The van der Waals surface area contributed by atoms with Gasteiger partial charge in [-0.1, -0.05) is 18.2 Å². The van der Waals surface area contributed by atoms with Crippen LogP contribution in [0.2, 0.25) is 0 Å². The molecule has 2 heterocycles. The van der Waals surface area contributed by atoms with Crippen molar-refractivity contribution in [2.45, 2.75) is 52.2 Å². The molecule has 0 saturated carbocycles. The van der Waals surface area contributed by atoms with E-state index in [2.05, 4.69) is 20.4 Å². The highest BCUT2D eigenvalue weighted by Crippen LogP contribution is 2.19. The summed E-state index contributed by atoms with van der Waals surface area (Å²) < 4.78 is 15.0. The summed E-state index contributed by atoms with van der Waals surface area (Å²) in [5.41, 5.74) is -0.441. The van der Waals surface area contributed by atoms with Gasteiger partial charge in [0.1, 0.15) is 23.9 Å². The molecule has 2 aromatic rings. The van der Waals surface area contributed by atoms with Crippen LogP contribution in [-0.2, 0) is 28.6 Å². The Morgan fingerprint density at radius 1 is 0.955 bits per heavy atom. The second-order valence-electron chi connectivity index (χ2n) is 11.0. The number of nitrogens with one attached hydrogen (secondary N) is 2. The van der Waals surface area contributed by atoms with Crippen molar-refractivity contribution < 1.29 is 43.0 Å². The quantitative estimate of drug-likeness (QED) is 0.296. The van der Waals surface area contributed by atoms with Gasteiger partial charge in [0.2, 0.25) is 5.91 Å². The number of ether oxygens (including phenoxy) is 3. The average Bonchev–Trinajstić information content (AvgIpc) is 2.99.